The van der Waals surface area contributed by atoms with E-state index in [1.54, 1.807) is 0 Å². The second kappa shape index (κ2) is 3.03. The maximum absolute atomic E-state index is 8.99. The van der Waals surface area contributed by atoms with E-state index in [-0.39, 0.29) is 6.61 Å². The molecule has 2 N–H and O–H groups in total. The Kier molecular flexibility index (Phi) is 1.69. The first-order valence-electron chi connectivity index (χ1n) is 4.72. The molecule has 74 valence electrons. The number of H-pyrrole nitrogens is 1. The van der Waals surface area contributed by atoms with Crippen LogP contribution in [0.15, 0.2) is 30.3 Å². The highest BCUT2D eigenvalue weighted by atomic mass is 16.3. The quantitative estimate of drug-likeness (QED) is 0.625. The SMILES string of the molecule is OCc1cc2c(nn1)[nH]c1ccccc12. The molecule has 3 aromatic rings. The molecule has 0 aliphatic rings. The van der Waals surface area contributed by atoms with Crippen molar-refractivity contribution in [3.8, 4) is 0 Å². The van der Waals surface area contributed by atoms with Crippen LogP contribution in [0.2, 0.25) is 0 Å². The number of hydrogen-bond acceptors (Lipinski definition) is 3. The van der Waals surface area contributed by atoms with Gasteiger partial charge < -0.3 is 10.1 Å². The minimum atomic E-state index is -0.0809. The minimum absolute atomic E-state index is 0.0809. The molecule has 0 amide bonds. The predicted molar refractivity (Wildman–Crippen MR) is 57.3 cm³/mol. The van der Waals surface area contributed by atoms with E-state index in [9.17, 15) is 0 Å². The standard InChI is InChI=1S/C11H9N3O/c15-6-7-5-9-8-3-1-2-4-10(8)12-11(9)14-13-7/h1-5,15H,6H2,(H,12,14). The van der Waals surface area contributed by atoms with Gasteiger partial charge in [-0.15, -0.1) is 5.10 Å². The van der Waals surface area contributed by atoms with Gasteiger partial charge in [0.25, 0.3) is 0 Å². The Morgan fingerprint density at radius 3 is 2.87 bits per heavy atom. The van der Waals surface area contributed by atoms with Gasteiger partial charge in [0.15, 0.2) is 5.65 Å². The van der Waals surface area contributed by atoms with E-state index in [1.165, 1.54) is 0 Å². The van der Waals surface area contributed by atoms with Crippen molar-refractivity contribution < 1.29 is 5.11 Å². The molecule has 2 heterocycles. The molecule has 0 saturated heterocycles. The van der Waals surface area contributed by atoms with Gasteiger partial charge in [0.2, 0.25) is 0 Å². The number of nitrogens with zero attached hydrogens (tertiary/aromatic N) is 2. The van der Waals surface area contributed by atoms with Gasteiger partial charge in [0.05, 0.1) is 12.3 Å². The van der Waals surface area contributed by atoms with Crippen LogP contribution in [-0.2, 0) is 6.61 Å². The van der Waals surface area contributed by atoms with E-state index in [1.807, 2.05) is 30.3 Å². The summed E-state index contributed by atoms with van der Waals surface area (Å²) >= 11 is 0. The van der Waals surface area contributed by atoms with Gasteiger partial charge in [-0.25, -0.2) is 0 Å². The average molecular weight is 199 g/mol. The zero-order valence-corrected chi connectivity index (χ0v) is 7.94. The number of aliphatic hydroxyl groups is 1. The lowest BCUT2D eigenvalue weighted by Gasteiger charge is -1.93. The molecule has 4 heteroatoms. The van der Waals surface area contributed by atoms with E-state index in [4.69, 9.17) is 5.11 Å². The van der Waals surface area contributed by atoms with Gasteiger partial charge in [-0.2, -0.15) is 5.10 Å². The Morgan fingerprint density at radius 1 is 1.13 bits per heavy atom. The van der Waals surface area contributed by atoms with Crippen LogP contribution in [0, 0.1) is 0 Å². The number of benzene rings is 1. The Labute approximate surface area is 85.6 Å². The van der Waals surface area contributed by atoms with Crippen LogP contribution in [0.5, 0.6) is 0 Å². The summed E-state index contributed by atoms with van der Waals surface area (Å²) in [6.45, 7) is -0.0809. The van der Waals surface area contributed by atoms with Gasteiger partial charge in [-0.1, -0.05) is 18.2 Å². The largest absolute Gasteiger partial charge is 0.390 e. The topological polar surface area (TPSA) is 61.8 Å². The smallest absolute Gasteiger partial charge is 0.161 e. The Morgan fingerprint density at radius 2 is 2.00 bits per heavy atom. The number of aliphatic hydroxyl groups excluding tert-OH is 1. The van der Waals surface area contributed by atoms with Gasteiger partial charge in [0.1, 0.15) is 0 Å². The van der Waals surface area contributed by atoms with E-state index in [0.29, 0.717) is 5.69 Å². The molecule has 0 fully saturated rings. The average Bonchev–Trinajstić information content (AvgIpc) is 2.66. The molecule has 0 aliphatic heterocycles. The van der Waals surface area contributed by atoms with E-state index in [0.717, 1.165) is 21.9 Å². The van der Waals surface area contributed by atoms with Crippen molar-refractivity contribution in [1.29, 1.82) is 0 Å². The molecule has 0 unspecified atom stereocenters. The fourth-order valence-corrected chi connectivity index (χ4v) is 1.76. The highest BCUT2D eigenvalue weighted by Gasteiger charge is 2.05. The first-order chi connectivity index (χ1) is 7.38. The number of para-hydroxylation sites is 1. The summed E-state index contributed by atoms with van der Waals surface area (Å²) in [6, 6.07) is 9.83. The second-order valence-corrected chi connectivity index (χ2v) is 3.43. The van der Waals surface area contributed by atoms with Crippen LogP contribution in [-0.4, -0.2) is 20.3 Å². The number of fused-ring (bicyclic) bond motifs is 3. The zero-order valence-electron chi connectivity index (χ0n) is 7.94. The normalized spacial score (nSPS) is 11.3. The fraction of sp³-hybridized carbons (Fsp3) is 0.0909. The van der Waals surface area contributed by atoms with Crippen molar-refractivity contribution in [2.45, 2.75) is 6.61 Å². The molecule has 0 spiro atoms. The summed E-state index contributed by atoms with van der Waals surface area (Å²) < 4.78 is 0. The molecule has 15 heavy (non-hydrogen) atoms. The molecule has 4 nitrogen and oxygen atoms in total. The maximum atomic E-state index is 8.99. The summed E-state index contributed by atoms with van der Waals surface area (Å²) in [5.74, 6) is 0. The molecule has 2 aromatic heterocycles. The van der Waals surface area contributed by atoms with Crippen LogP contribution in [0.25, 0.3) is 21.9 Å². The summed E-state index contributed by atoms with van der Waals surface area (Å²) in [6.07, 6.45) is 0. The second-order valence-electron chi connectivity index (χ2n) is 3.43. The first kappa shape index (κ1) is 8.38. The summed E-state index contributed by atoms with van der Waals surface area (Å²) in [5.41, 5.74) is 2.39. The van der Waals surface area contributed by atoms with Crippen LogP contribution in [0.4, 0.5) is 0 Å². The molecule has 0 radical (unpaired) electrons. The third-order valence-electron chi connectivity index (χ3n) is 2.48. The van der Waals surface area contributed by atoms with Crippen molar-refractivity contribution in [3.05, 3.63) is 36.0 Å². The maximum Gasteiger partial charge on any atom is 0.161 e. The van der Waals surface area contributed by atoms with Crippen molar-refractivity contribution in [1.82, 2.24) is 15.2 Å². The van der Waals surface area contributed by atoms with Crippen molar-refractivity contribution >= 4 is 21.9 Å². The van der Waals surface area contributed by atoms with Gasteiger partial charge in [-0.05, 0) is 12.1 Å². The van der Waals surface area contributed by atoms with E-state index in [2.05, 4.69) is 15.2 Å². The number of hydrogen-bond donors (Lipinski definition) is 2. The fourth-order valence-electron chi connectivity index (χ4n) is 1.76. The number of nitrogens with one attached hydrogen (secondary N) is 1. The highest BCUT2D eigenvalue weighted by Crippen LogP contribution is 2.23. The molecular formula is C11H9N3O. The lowest BCUT2D eigenvalue weighted by Crippen LogP contribution is -1.91. The Balaban J connectivity index is 2.46. The first-order valence-corrected chi connectivity index (χ1v) is 4.72. The van der Waals surface area contributed by atoms with Crippen molar-refractivity contribution in [3.63, 3.8) is 0 Å². The minimum Gasteiger partial charge on any atom is -0.390 e. The van der Waals surface area contributed by atoms with E-state index < -0.39 is 0 Å². The van der Waals surface area contributed by atoms with E-state index >= 15 is 0 Å². The van der Waals surface area contributed by atoms with Crippen molar-refractivity contribution in [2.24, 2.45) is 0 Å². The van der Waals surface area contributed by atoms with Gasteiger partial charge in [-0.3, -0.25) is 0 Å². The third kappa shape index (κ3) is 1.19. The number of aromatic amines is 1. The lowest BCUT2D eigenvalue weighted by atomic mass is 10.2. The summed E-state index contributed by atoms with van der Waals surface area (Å²) in [7, 11) is 0. The molecule has 0 atom stereocenters. The highest BCUT2D eigenvalue weighted by molar-refractivity contribution is 6.05. The molecular weight excluding hydrogens is 190 g/mol. The molecule has 0 saturated carbocycles. The Bertz CT molecular complexity index is 630. The molecule has 0 aliphatic carbocycles. The van der Waals surface area contributed by atoms with Crippen LogP contribution < -0.4 is 0 Å². The van der Waals surface area contributed by atoms with Crippen LogP contribution in [0.1, 0.15) is 5.69 Å². The van der Waals surface area contributed by atoms with Gasteiger partial charge >= 0.3 is 0 Å². The molecule has 1 aromatic carbocycles. The number of rotatable bonds is 1. The van der Waals surface area contributed by atoms with Crippen LogP contribution in [0.3, 0.4) is 0 Å². The third-order valence-corrected chi connectivity index (χ3v) is 2.48. The summed E-state index contributed by atoms with van der Waals surface area (Å²) in [5, 5.41) is 19.0. The zero-order chi connectivity index (χ0) is 10.3. The number of aromatic nitrogens is 3. The predicted octanol–water partition coefficient (Wildman–Crippen LogP) is 1.60. The van der Waals surface area contributed by atoms with Crippen molar-refractivity contribution in [2.75, 3.05) is 0 Å². The van der Waals surface area contributed by atoms with Gasteiger partial charge in [0, 0.05) is 16.3 Å². The monoisotopic (exact) mass is 199 g/mol. The Hall–Kier alpha value is -1.94. The molecule has 0 bridgehead atoms. The lowest BCUT2D eigenvalue weighted by molar-refractivity contribution is 0.276. The summed E-state index contributed by atoms with van der Waals surface area (Å²) in [4.78, 5) is 3.17. The molecule has 3 rings (SSSR count). The van der Waals surface area contributed by atoms with Crippen LogP contribution >= 0.6 is 0 Å².